The topological polar surface area (TPSA) is 29.9 Å². The van der Waals surface area contributed by atoms with Crippen molar-refractivity contribution < 1.29 is 0 Å². The summed E-state index contributed by atoms with van der Waals surface area (Å²) in [5.41, 5.74) is 4.21. The summed E-state index contributed by atoms with van der Waals surface area (Å²) in [7, 11) is 0. The number of rotatable bonds is 10. The second-order valence-corrected chi connectivity index (χ2v) is 6.13. The van der Waals surface area contributed by atoms with Crippen LogP contribution in [0.15, 0.2) is 0 Å². The summed E-state index contributed by atoms with van der Waals surface area (Å²) in [5, 5.41) is 8.57. The van der Waals surface area contributed by atoms with Gasteiger partial charge in [-0.1, -0.05) is 27.7 Å². The van der Waals surface area contributed by atoms with E-state index in [9.17, 15) is 0 Å². The van der Waals surface area contributed by atoms with Crippen molar-refractivity contribution >= 4 is 11.8 Å². The average molecular weight is 298 g/mol. The predicted octanol–water partition coefficient (Wildman–Crippen LogP) is 3.82. The third kappa shape index (κ3) is 4.26. The van der Waals surface area contributed by atoms with E-state index < -0.39 is 0 Å². The zero-order chi connectivity index (χ0) is 15.0. The lowest BCUT2D eigenvalue weighted by Gasteiger charge is -2.19. The minimum Gasteiger partial charge on any atom is -0.310 e. The Morgan fingerprint density at radius 2 is 1.95 bits per heavy atom. The molecule has 0 saturated carbocycles. The normalized spacial score (nSPS) is 12.8. The maximum absolute atomic E-state index is 4.88. The third-order valence-electron chi connectivity index (χ3n) is 3.75. The molecule has 0 aliphatic rings. The highest BCUT2D eigenvalue weighted by atomic mass is 32.2. The molecule has 20 heavy (non-hydrogen) atoms. The molecule has 0 fully saturated rings. The van der Waals surface area contributed by atoms with Crippen LogP contribution in [0, 0.1) is 0 Å². The van der Waals surface area contributed by atoms with Gasteiger partial charge in [-0.3, -0.25) is 4.68 Å². The van der Waals surface area contributed by atoms with Crippen molar-refractivity contribution in [2.45, 2.75) is 66.0 Å². The Kier molecular flexibility index (Phi) is 8.31. The van der Waals surface area contributed by atoms with Crippen LogP contribution >= 0.6 is 11.8 Å². The van der Waals surface area contributed by atoms with Crippen LogP contribution in [0.1, 0.15) is 63.5 Å². The van der Waals surface area contributed by atoms with Crippen LogP contribution in [-0.4, -0.2) is 28.3 Å². The first-order chi connectivity index (χ1) is 9.73. The second-order valence-electron chi connectivity index (χ2n) is 5.15. The van der Waals surface area contributed by atoms with Gasteiger partial charge in [-0.15, -0.1) is 0 Å². The molecule has 1 N–H and O–H groups in total. The number of hydrogen-bond acceptors (Lipinski definition) is 3. The number of aryl methyl sites for hydroxylation is 2. The number of thioether (sulfide) groups is 1. The van der Waals surface area contributed by atoms with Gasteiger partial charge in [0.05, 0.1) is 12.2 Å². The first kappa shape index (κ1) is 17.6. The third-order valence-corrected chi connectivity index (χ3v) is 4.34. The van der Waals surface area contributed by atoms with Crippen LogP contribution in [0.2, 0.25) is 0 Å². The van der Waals surface area contributed by atoms with Gasteiger partial charge in [0.25, 0.3) is 0 Å². The highest BCUT2D eigenvalue weighted by molar-refractivity contribution is 7.98. The molecule has 1 atom stereocenters. The quantitative estimate of drug-likeness (QED) is 0.712. The molecule has 1 rings (SSSR count). The van der Waals surface area contributed by atoms with Crippen molar-refractivity contribution in [2.24, 2.45) is 0 Å². The SMILES string of the molecule is CCCNC(CC)c1c(CC)nn(CCSC)c1CC. The van der Waals surface area contributed by atoms with Crippen molar-refractivity contribution in [3.63, 3.8) is 0 Å². The van der Waals surface area contributed by atoms with Crippen LogP contribution < -0.4 is 5.32 Å². The van der Waals surface area contributed by atoms with Gasteiger partial charge >= 0.3 is 0 Å². The van der Waals surface area contributed by atoms with Gasteiger partial charge < -0.3 is 5.32 Å². The minimum atomic E-state index is 0.461. The average Bonchev–Trinajstić information content (AvgIpc) is 2.83. The van der Waals surface area contributed by atoms with Gasteiger partial charge in [-0.2, -0.15) is 16.9 Å². The Morgan fingerprint density at radius 1 is 1.20 bits per heavy atom. The van der Waals surface area contributed by atoms with Crippen LogP contribution in [-0.2, 0) is 19.4 Å². The molecule has 0 aromatic carbocycles. The number of nitrogens with zero attached hydrogens (tertiary/aromatic N) is 2. The zero-order valence-electron chi connectivity index (χ0n) is 13.8. The molecular weight excluding hydrogens is 266 g/mol. The van der Waals surface area contributed by atoms with Gasteiger partial charge in [0, 0.05) is 23.1 Å². The van der Waals surface area contributed by atoms with E-state index in [4.69, 9.17) is 5.10 Å². The fraction of sp³-hybridized carbons (Fsp3) is 0.812. The number of aromatic nitrogens is 2. The Labute approximate surface area is 128 Å². The molecule has 1 heterocycles. The lowest BCUT2D eigenvalue weighted by atomic mass is 9.99. The maximum Gasteiger partial charge on any atom is 0.0672 e. The molecule has 0 bridgehead atoms. The van der Waals surface area contributed by atoms with Gasteiger partial charge in [-0.05, 0) is 38.5 Å². The van der Waals surface area contributed by atoms with E-state index in [1.807, 2.05) is 11.8 Å². The van der Waals surface area contributed by atoms with E-state index in [1.165, 1.54) is 23.4 Å². The van der Waals surface area contributed by atoms with Crippen molar-refractivity contribution in [1.29, 1.82) is 0 Å². The molecule has 0 saturated heterocycles. The molecule has 1 aromatic rings. The molecular formula is C16H31N3S. The van der Waals surface area contributed by atoms with Crippen molar-refractivity contribution in [2.75, 3.05) is 18.6 Å². The minimum absolute atomic E-state index is 0.461. The van der Waals surface area contributed by atoms with E-state index in [-0.39, 0.29) is 0 Å². The van der Waals surface area contributed by atoms with Crippen molar-refractivity contribution in [3.05, 3.63) is 17.0 Å². The van der Waals surface area contributed by atoms with E-state index in [2.05, 4.69) is 43.9 Å². The fourth-order valence-electron chi connectivity index (χ4n) is 2.73. The van der Waals surface area contributed by atoms with Gasteiger partial charge in [0.2, 0.25) is 0 Å². The molecule has 1 unspecified atom stereocenters. The smallest absolute Gasteiger partial charge is 0.0672 e. The molecule has 116 valence electrons. The first-order valence-corrected chi connectivity index (χ1v) is 9.43. The van der Waals surface area contributed by atoms with Crippen LogP contribution in [0.25, 0.3) is 0 Å². The number of nitrogens with one attached hydrogen (secondary N) is 1. The molecule has 3 nitrogen and oxygen atoms in total. The maximum atomic E-state index is 4.88. The zero-order valence-corrected chi connectivity index (χ0v) is 14.6. The lowest BCUT2D eigenvalue weighted by Crippen LogP contribution is -2.23. The van der Waals surface area contributed by atoms with Crippen molar-refractivity contribution in [1.82, 2.24) is 15.1 Å². The van der Waals surface area contributed by atoms with Crippen LogP contribution in [0.4, 0.5) is 0 Å². The lowest BCUT2D eigenvalue weighted by molar-refractivity contribution is 0.510. The monoisotopic (exact) mass is 297 g/mol. The number of hydrogen-bond donors (Lipinski definition) is 1. The summed E-state index contributed by atoms with van der Waals surface area (Å²) >= 11 is 1.89. The van der Waals surface area contributed by atoms with E-state index in [1.54, 1.807) is 0 Å². The largest absolute Gasteiger partial charge is 0.310 e. The van der Waals surface area contributed by atoms with E-state index in [0.717, 1.165) is 38.1 Å². The molecule has 0 radical (unpaired) electrons. The molecule has 0 aliphatic carbocycles. The van der Waals surface area contributed by atoms with E-state index >= 15 is 0 Å². The van der Waals surface area contributed by atoms with Gasteiger partial charge in [-0.25, -0.2) is 0 Å². The van der Waals surface area contributed by atoms with Crippen LogP contribution in [0.3, 0.4) is 0 Å². The standard InChI is InChI=1S/C16H31N3S/c1-6-10-17-13(7-2)16-14(8-3)18-19(11-12-20-5)15(16)9-4/h13,17H,6-12H2,1-5H3. The van der Waals surface area contributed by atoms with Crippen molar-refractivity contribution in [3.8, 4) is 0 Å². The molecule has 4 heteroatoms. The Hall–Kier alpha value is -0.480. The summed E-state index contributed by atoms with van der Waals surface area (Å²) in [6.45, 7) is 11.1. The van der Waals surface area contributed by atoms with Crippen LogP contribution in [0.5, 0.6) is 0 Å². The molecule has 0 aliphatic heterocycles. The Morgan fingerprint density at radius 3 is 2.45 bits per heavy atom. The summed E-state index contributed by atoms with van der Waals surface area (Å²) in [5.74, 6) is 1.14. The summed E-state index contributed by atoms with van der Waals surface area (Å²) < 4.78 is 2.25. The highest BCUT2D eigenvalue weighted by Gasteiger charge is 2.21. The fourth-order valence-corrected chi connectivity index (χ4v) is 3.09. The Balaban J connectivity index is 3.09. The highest BCUT2D eigenvalue weighted by Crippen LogP contribution is 2.26. The summed E-state index contributed by atoms with van der Waals surface area (Å²) in [4.78, 5) is 0. The van der Waals surface area contributed by atoms with Gasteiger partial charge in [0.15, 0.2) is 0 Å². The molecule has 0 spiro atoms. The van der Waals surface area contributed by atoms with Gasteiger partial charge in [0.1, 0.15) is 0 Å². The summed E-state index contributed by atoms with van der Waals surface area (Å²) in [6, 6.07) is 0.461. The predicted molar refractivity (Wildman–Crippen MR) is 90.7 cm³/mol. The Bertz CT molecular complexity index is 387. The second kappa shape index (κ2) is 9.46. The molecule has 0 amide bonds. The molecule has 1 aromatic heterocycles. The van der Waals surface area contributed by atoms with E-state index in [0.29, 0.717) is 6.04 Å². The summed E-state index contributed by atoms with van der Waals surface area (Å²) in [6.07, 6.45) is 6.57. The first-order valence-electron chi connectivity index (χ1n) is 8.04.